The molecule has 5 atom stereocenters. The quantitative estimate of drug-likeness (QED) is 0.673. The number of fused-ring (bicyclic) bond motifs is 1. The largest absolute Gasteiger partial charge is 0.458 e. The van der Waals surface area contributed by atoms with Crippen LogP contribution in [0.2, 0.25) is 0 Å². The number of aliphatic hydroxyl groups is 2. The molecule has 0 aromatic rings. The Labute approximate surface area is 136 Å². The Morgan fingerprint density at radius 1 is 1.09 bits per heavy atom. The third-order valence-electron chi connectivity index (χ3n) is 4.46. The van der Waals surface area contributed by atoms with Crippen LogP contribution in [-0.4, -0.2) is 70.6 Å². The average Bonchev–Trinajstić information content (AvgIpc) is 2.85. The van der Waals surface area contributed by atoms with Gasteiger partial charge in [-0.05, 0) is 19.3 Å². The van der Waals surface area contributed by atoms with Crippen molar-refractivity contribution >= 4 is 11.9 Å². The van der Waals surface area contributed by atoms with Crippen LogP contribution in [0.1, 0.15) is 46.0 Å². The minimum atomic E-state index is -1.12. The van der Waals surface area contributed by atoms with Crippen LogP contribution < -0.4 is 0 Å². The molecule has 5 unspecified atom stereocenters. The molecule has 2 aliphatic heterocycles. The summed E-state index contributed by atoms with van der Waals surface area (Å²) < 4.78 is 10.8. The summed E-state index contributed by atoms with van der Waals surface area (Å²) in [6.07, 6.45) is -0.983. The van der Waals surface area contributed by atoms with E-state index in [1.54, 1.807) is 0 Å². The fourth-order valence-corrected chi connectivity index (χ4v) is 3.35. The molecule has 2 saturated heterocycles. The van der Waals surface area contributed by atoms with Gasteiger partial charge in [0.2, 0.25) is 0 Å². The second kappa shape index (κ2) is 8.08. The molecule has 2 rings (SSSR count). The molecule has 0 aromatic carbocycles. The van der Waals surface area contributed by atoms with Gasteiger partial charge in [-0.3, -0.25) is 14.5 Å². The van der Waals surface area contributed by atoms with E-state index < -0.39 is 36.4 Å². The highest BCUT2D eigenvalue weighted by Crippen LogP contribution is 2.31. The fourth-order valence-electron chi connectivity index (χ4n) is 3.35. The third-order valence-corrected chi connectivity index (χ3v) is 4.46. The van der Waals surface area contributed by atoms with Gasteiger partial charge in [0.15, 0.2) is 0 Å². The predicted octanol–water partition coefficient (Wildman–Crippen LogP) is 0.220. The Morgan fingerprint density at radius 2 is 1.70 bits per heavy atom. The van der Waals surface area contributed by atoms with Gasteiger partial charge in [-0.2, -0.15) is 0 Å². The molecule has 0 radical (unpaired) electrons. The molecule has 0 amide bonds. The monoisotopic (exact) mass is 329 g/mol. The molecular formula is C16H27NO6. The summed E-state index contributed by atoms with van der Waals surface area (Å²) in [5.74, 6) is -0.774. The van der Waals surface area contributed by atoms with Gasteiger partial charge in [-0.25, -0.2) is 0 Å². The van der Waals surface area contributed by atoms with Crippen molar-refractivity contribution in [2.75, 3.05) is 13.1 Å². The molecule has 132 valence electrons. The van der Waals surface area contributed by atoms with Crippen LogP contribution >= 0.6 is 0 Å². The Hall–Kier alpha value is -1.18. The number of aliphatic hydroxyl groups excluding tert-OH is 2. The van der Waals surface area contributed by atoms with E-state index in [4.69, 9.17) is 9.47 Å². The topological polar surface area (TPSA) is 96.3 Å². The van der Waals surface area contributed by atoms with Gasteiger partial charge in [0.25, 0.3) is 0 Å². The number of carbonyl (C=O) groups excluding carboxylic acids is 2. The summed E-state index contributed by atoms with van der Waals surface area (Å²) in [6.45, 7) is 4.72. The minimum absolute atomic E-state index is 0.256. The number of hydrogen-bond donors (Lipinski definition) is 2. The predicted molar refractivity (Wildman–Crippen MR) is 81.6 cm³/mol. The Bertz CT molecular complexity index is 429. The molecule has 2 N–H and O–H groups in total. The molecular weight excluding hydrogens is 302 g/mol. The number of ether oxygens (including phenoxy) is 2. The molecule has 7 heteroatoms. The second-order valence-corrected chi connectivity index (χ2v) is 6.31. The Balaban J connectivity index is 2.10. The highest BCUT2D eigenvalue weighted by molar-refractivity contribution is 5.70. The Kier molecular flexibility index (Phi) is 6.38. The van der Waals surface area contributed by atoms with E-state index in [9.17, 15) is 19.8 Å². The van der Waals surface area contributed by atoms with E-state index in [1.807, 2.05) is 18.7 Å². The summed E-state index contributed by atoms with van der Waals surface area (Å²) in [5.41, 5.74) is 0. The SMILES string of the molecule is CCCC(=O)OC1CN2CCC(O)C2C(OC(=O)CCC)C1O. The highest BCUT2D eigenvalue weighted by Gasteiger charge is 2.51. The van der Waals surface area contributed by atoms with Gasteiger partial charge in [-0.1, -0.05) is 13.8 Å². The lowest BCUT2D eigenvalue weighted by atomic mass is 9.92. The lowest BCUT2D eigenvalue weighted by molar-refractivity contribution is -0.194. The fraction of sp³-hybridized carbons (Fsp3) is 0.875. The lowest BCUT2D eigenvalue weighted by Gasteiger charge is -2.43. The van der Waals surface area contributed by atoms with Gasteiger partial charge >= 0.3 is 11.9 Å². The number of carbonyl (C=O) groups is 2. The van der Waals surface area contributed by atoms with E-state index in [1.165, 1.54) is 0 Å². The summed E-state index contributed by atoms with van der Waals surface area (Å²) in [6, 6.07) is -0.438. The van der Waals surface area contributed by atoms with E-state index >= 15 is 0 Å². The van der Waals surface area contributed by atoms with Crippen molar-refractivity contribution in [3.8, 4) is 0 Å². The van der Waals surface area contributed by atoms with E-state index in [0.29, 0.717) is 32.4 Å². The molecule has 0 bridgehead atoms. The van der Waals surface area contributed by atoms with Crippen molar-refractivity contribution < 1.29 is 29.3 Å². The van der Waals surface area contributed by atoms with Gasteiger partial charge < -0.3 is 19.7 Å². The highest BCUT2D eigenvalue weighted by atomic mass is 16.6. The molecule has 0 spiro atoms. The lowest BCUT2D eigenvalue weighted by Crippen LogP contribution is -2.63. The number of hydrogen-bond acceptors (Lipinski definition) is 7. The van der Waals surface area contributed by atoms with Crippen LogP contribution in [0.5, 0.6) is 0 Å². The van der Waals surface area contributed by atoms with Gasteiger partial charge in [0, 0.05) is 25.9 Å². The maximum absolute atomic E-state index is 11.8. The van der Waals surface area contributed by atoms with Crippen LogP contribution in [0.25, 0.3) is 0 Å². The number of esters is 2. The van der Waals surface area contributed by atoms with E-state index in [2.05, 4.69) is 0 Å². The van der Waals surface area contributed by atoms with Crippen LogP contribution in [0, 0.1) is 0 Å². The second-order valence-electron chi connectivity index (χ2n) is 6.31. The number of rotatable bonds is 6. The maximum Gasteiger partial charge on any atom is 0.306 e. The summed E-state index contributed by atoms with van der Waals surface area (Å²) in [4.78, 5) is 25.5. The number of nitrogens with zero attached hydrogens (tertiary/aromatic N) is 1. The molecule has 0 saturated carbocycles. The van der Waals surface area contributed by atoms with Crippen LogP contribution in [0.4, 0.5) is 0 Å². The minimum Gasteiger partial charge on any atom is -0.458 e. The molecule has 2 heterocycles. The smallest absolute Gasteiger partial charge is 0.306 e. The van der Waals surface area contributed by atoms with Crippen LogP contribution in [0.15, 0.2) is 0 Å². The Morgan fingerprint density at radius 3 is 2.30 bits per heavy atom. The first-order valence-corrected chi connectivity index (χ1v) is 8.47. The maximum atomic E-state index is 11.8. The van der Waals surface area contributed by atoms with E-state index in [-0.39, 0.29) is 18.8 Å². The van der Waals surface area contributed by atoms with Crippen molar-refractivity contribution in [2.24, 2.45) is 0 Å². The van der Waals surface area contributed by atoms with Gasteiger partial charge in [0.05, 0.1) is 12.1 Å². The zero-order valence-corrected chi connectivity index (χ0v) is 13.8. The molecule has 0 aliphatic carbocycles. The van der Waals surface area contributed by atoms with Crippen molar-refractivity contribution in [1.29, 1.82) is 0 Å². The first kappa shape index (κ1) is 18.2. The zero-order chi connectivity index (χ0) is 17.0. The molecule has 0 aromatic heterocycles. The summed E-state index contributed by atoms with van der Waals surface area (Å²) in [7, 11) is 0. The van der Waals surface area contributed by atoms with Gasteiger partial charge in [-0.15, -0.1) is 0 Å². The van der Waals surface area contributed by atoms with Crippen LogP contribution in [0.3, 0.4) is 0 Å². The molecule has 2 aliphatic rings. The van der Waals surface area contributed by atoms with Crippen molar-refractivity contribution in [2.45, 2.75) is 76.4 Å². The van der Waals surface area contributed by atoms with Crippen molar-refractivity contribution in [1.82, 2.24) is 4.90 Å². The molecule has 23 heavy (non-hydrogen) atoms. The van der Waals surface area contributed by atoms with Crippen LogP contribution in [-0.2, 0) is 19.1 Å². The van der Waals surface area contributed by atoms with Gasteiger partial charge in [0.1, 0.15) is 18.3 Å². The first-order chi connectivity index (χ1) is 11.0. The summed E-state index contributed by atoms with van der Waals surface area (Å²) in [5, 5.41) is 20.7. The van der Waals surface area contributed by atoms with Crippen molar-refractivity contribution in [3.63, 3.8) is 0 Å². The van der Waals surface area contributed by atoms with Crippen molar-refractivity contribution in [3.05, 3.63) is 0 Å². The average molecular weight is 329 g/mol. The normalized spacial score (nSPS) is 34.0. The number of piperidine rings is 1. The standard InChI is InChI=1S/C16H27NO6/c1-3-5-12(19)22-11-9-17-8-7-10(18)14(17)16(15(11)21)23-13(20)6-4-2/h10-11,14-16,18,21H,3-9H2,1-2H3. The molecule has 2 fully saturated rings. The van der Waals surface area contributed by atoms with E-state index in [0.717, 1.165) is 0 Å². The molecule has 7 nitrogen and oxygen atoms in total. The third kappa shape index (κ3) is 4.22. The summed E-state index contributed by atoms with van der Waals surface area (Å²) >= 11 is 0. The first-order valence-electron chi connectivity index (χ1n) is 8.47. The zero-order valence-electron chi connectivity index (χ0n) is 13.8.